The van der Waals surface area contributed by atoms with Gasteiger partial charge in [-0.1, -0.05) is 24.3 Å². The summed E-state index contributed by atoms with van der Waals surface area (Å²) in [7, 11) is 1.63. The van der Waals surface area contributed by atoms with Gasteiger partial charge in [0.05, 0.1) is 13.2 Å². The van der Waals surface area contributed by atoms with Crippen molar-refractivity contribution in [3.63, 3.8) is 0 Å². The zero-order chi connectivity index (χ0) is 12.3. The number of nitrogens with two attached hydrogens (primary N) is 1. The Kier molecular flexibility index (Phi) is 3.30. The summed E-state index contributed by atoms with van der Waals surface area (Å²) in [6, 6.07) is 14.4. The van der Waals surface area contributed by atoms with Gasteiger partial charge in [0.2, 0.25) is 0 Å². The third-order valence-electron chi connectivity index (χ3n) is 2.73. The minimum Gasteiger partial charge on any atom is -0.508 e. The van der Waals surface area contributed by atoms with E-state index in [1.54, 1.807) is 19.2 Å². The van der Waals surface area contributed by atoms with Crippen molar-refractivity contribution in [1.82, 2.24) is 0 Å². The van der Waals surface area contributed by atoms with Crippen molar-refractivity contribution in [2.75, 3.05) is 7.11 Å². The molecule has 0 spiro atoms. The lowest BCUT2D eigenvalue weighted by atomic mass is 9.99. The molecule has 1 atom stereocenters. The number of phenols is 1. The Bertz CT molecular complexity index is 477. The maximum Gasteiger partial charge on any atom is 0.118 e. The van der Waals surface area contributed by atoms with Crippen molar-refractivity contribution in [2.45, 2.75) is 6.04 Å². The molecule has 2 rings (SSSR count). The van der Waals surface area contributed by atoms with E-state index in [4.69, 9.17) is 10.5 Å². The molecule has 0 aliphatic carbocycles. The average molecular weight is 229 g/mol. The lowest BCUT2D eigenvalue weighted by Gasteiger charge is -2.13. The molecule has 1 unspecified atom stereocenters. The maximum atomic E-state index is 9.22. The van der Waals surface area contributed by atoms with Crippen LogP contribution in [0, 0.1) is 0 Å². The van der Waals surface area contributed by atoms with Crippen LogP contribution in [0.5, 0.6) is 11.5 Å². The van der Waals surface area contributed by atoms with Crippen molar-refractivity contribution in [3.05, 3.63) is 59.7 Å². The number of phenolic OH excluding ortho intramolecular Hbond substituents is 1. The van der Waals surface area contributed by atoms with Gasteiger partial charge in [0.1, 0.15) is 11.5 Å². The first-order chi connectivity index (χ1) is 8.20. The third-order valence-corrected chi connectivity index (χ3v) is 2.73. The highest BCUT2D eigenvalue weighted by Crippen LogP contribution is 2.23. The molecule has 0 saturated heterocycles. The van der Waals surface area contributed by atoms with Crippen molar-refractivity contribution in [2.24, 2.45) is 5.73 Å². The second-order valence-corrected chi connectivity index (χ2v) is 3.84. The number of benzene rings is 2. The lowest BCUT2D eigenvalue weighted by molar-refractivity contribution is 0.414. The van der Waals surface area contributed by atoms with Gasteiger partial charge in [-0.2, -0.15) is 0 Å². The summed E-state index contributed by atoms with van der Waals surface area (Å²) in [4.78, 5) is 0. The van der Waals surface area contributed by atoms with Gasteiger partial charge in [0.15, 0.2) is 0 Å². The highest BCUT2D eigenvalue weighted by Gasteiger charge is 2.08. The van der Waals surface area contributed by atoms with E-state index >= 15 is 0 Å². The summed E-state index contributed by atoms with van der Waals surface area (Å²) in [5.74, 6) is 1.06. The van der Waals surface area contributed by atoms with Crippen LogP contribution in [0.3, 0.4) is 0 Å². The molecule has 3 heteroatoms. The first kappa shape index (κ1) is 11.5. The van der Waals surface area contributed by atoms with E-state index in [1.807, 2.05) is 36.4 Å². The largest absolute Gasteiger partial charge is 0.508 e. The standard InChI is InChI=1S/C14H15NO2/c1-17-13-8-4-11(5-9-13)14(15)10-2-6-12(16)7-3-10/h2-9,14,16H,15H2,1H3. The molecule has 0 aliphatic heterocycles. The summed E-state index contributed by atoms with van der Waals surface area (Å²) in [5, 5.41) is 9.22. The van der Waals surface area contributed by atoms with E-state index < -0.39 is 0 Å². The predicted molar refractivity (Wildman–Crippen MR) is 67.1 cm³/mol. The van der Waals surface area contributed by atoms with Gasteiger partial charge in [-0.3, -0.25) is 0 Å². The Labute approximate surface area is 100 Å². The van der Waals surface area contributed by atoms with Gasteiger partial charge in [0.25, 0.3) is 0 Å². The molecule has 17 heavy (non-hydrogen) atoms. The van der Waals surface area contributed by atoms with Gasteiger partial charge in [-0.25, -0.2) is 0 Å². The van der Waals surface area contributed by atoms with Gasteiger partial charge >= 0.3 is 0 Å². The summed E-state index contributed by atoms with van der Waals surface area (Å²) in [5.41, 5.74) is 8.11. The Morgan fingerprint density at radius 2 is 1.41 bits per heavy atom. The van der Waals surface area contributed by atoms with E-state index in [-0.39, 0.29) is 11.8 Å². The van der Waals surface area contributed by atoms with Crippen molar-refractivity contribution >= 4 is 0 Å². The Hall–Kier alpha value is -2.00. The molecule has 0 saturated carbocycles. The Balaban J connectivity index is 2.23. The molecule has 3 nitrogen and oxygen atoms in total. The van der Waals surface area contributed by atoms with Gasteiger partial charge in [-0.15, -0.1) is 0 Å². The van der Waals surface area contributed by atoms with Crippen LogP contribution in [0.4, 0.5) is 0 Å². The number of hydrogen-bond donors (Lipinski definition) is 2. The highest BCUT2D eigenvalue weighted by molar-refractivity contribution is 5.36. The van der Waals surface area contributed by atoms with Crippen LogP contribution in [-0.4, -0.2) is 12.2 Å². The first-order valence-electron chi connectivity index (χ1n) is 5.39. The second kappa shape index (κ2) is 4.89. The van der Waals surface area contributed by atoms with Crippen LogP contribution >= 0.6 is 0 Å². The summed E-state index contributed by atoms with van der Waals surface area (Å²) in [6.07, 6.45) is 0. The predicted octanol–water partition coefficient (Wildman–Crippen LogP) is 2.45. The molecular formula is C14H15NO2. The third kappa shape index (κ3) is 2.57. The van der Waals surface area contributed by atoms with Crippen LogP contribution in [0.1, 0.15) is 17.2 Å². The molecule has 0 heterocycles. The molecule has 2 aromatic carbocycles. The maximum absolute atomic E-state index is 9.22. The Morgan fingerprint density at radius 3 is 1.88 bits per heavy atom. The molecule has 0 fully saturated rings. The minimum atomic E-state index is -0.193. The van der Waals surface area contributed by atoms with E-state index in [9.17, 15) is 5.11 Å². The number of aromatic hydroxyl groups is 1. The fraction of sp³-hybridized carbons (Fsp3) is 0.143. The first-order valence-corrected chi connectivity index (χ1v) is 5.39. The van der Waals surface area contributed by atoms with Crippen LogP contribution in [0.2, 0.25) is 0 Å². The number of ether oxygens (including phenoxy) is 1. The zero-order valence-electron chi connectivity index (χ0n) is 9.63. The van der Waals surface area contributed by atoms with Crippen LogP contribution in [-0.2, 0) is 0 Å². The van der Waals surface area contributed by atoms with E-state index in [0.717, 1.165) is 16.9 Å². The van der Waals surface area contributed by atoms with E-state index in [0.29, 0.717) is 0 Å². The van der Waals surface area contributed by atoms with Gasteiger partial charge < -0.3 is 15.6 Å². The Morgan fingerprint density at radius 1 is 0.941 bits per heavy atom. The number of hydrogen-bond acceptors (Lipinski definition) is 3. The molecule has 0 bridgehead atoms. The van der Waals surface area contributed by atoms with Crippen LogP contribution < -0.4 is 10.5 Å². The molecule has 88 valence electrons. The molecule has 0 aliphatic rings. The quantitative estimate of drug-likeness (QED) is 0.850. The van der Waals surface area contributed by atoms with Crippen molar-refractivity contribution < 1.29 is 9.84 Å². The fourth-order valence-corrected chi connectivity index (χ4v) is 1.69. The molecule has 0 amide bonds. The smallest absolute Gasteiger partial charge is 0.118 e. The topological polar surface area (TPSA) is 55.5 Å². The summed E-state index contributed by atoms with van der Waals surface area (Å²) in [6.45, 7) is 0. The van der Waals surface area contributed by atoms with Crippen molar-refractivity contribution in [1.29, 1.82) is 0 Å². The lowest BCUT2D eigenvalue weighted by Crippen LogP contribution is -2.11. The van der Waals surface area contributed by atoms with Crippen LogP contribution in [0.15, 0.2) is 48.5 Å². The average Bonchev–Trinajstić information content (AvgIpc) is 2.39. The SMILES string of the molecule is COc1ccc(C(N)c2ccc(O)cc2)cc1. The zero-order valence-corrected chi connectivity index (χ0v) is 9.63. The fourth-order valence-electron chi connectivity index (χ4n) is 1.69. The molecule has 3 N–H and O–H groups in total. The molecule has 0 radical (unpaired) electrons. The molecule has 2 aromatic rings. The monoisotopic (exact) mass is 229 g/mol. The minimum absolute atomic E-state index is 0.193. The second-order valence-electron chi connectivity index (χ2n) is 3.84. The normalized spacial score (nSPS) is 12.1. The number of methoxy groups -OCH3 is 1. The summed E-state index contributed by atoms with van der Waals surface area (Å²) < 4.78 is 5.10. The summed E-state index contributed by atoms with van der Waals surface area (Å²) >= 11 is 0. The van der Waals surface area contributed by atoms with E-state index in [2.05, 4.69) is 0 Å². The highest BCUT2D eigenvalue weighted by atomic mass is 16.5. The molecule has 0 aromatic heterocycles. The molecular weight excluding hydrogens is 214 g/mol. The van der Waals surface area contributed by atoms with Gasteiger partial charge in [0, 0.05) is 0 Å². The van der Waals surface area contributed by atoms with Gasteiger partial charge in [-0.05, 0) is 35.4 Å². The van der Waals surface area contributed by atoms with E-state index in [1.165, 1.54) is 0 Å². The number of rotatable bonds is 3. The van der Waals surface area contributed by atoms with Crippen molar-refractivity contribution in [3.8, 4) is 11.5 Å². The van der Waals surface area contributed by atoms with Crippen LogP contribution in [0.25, 0.3) is 0 Å².